The number of anilines is 1. The number of halogens is 4. The van der Waals surface area contributed by atoms with E-state index in [1.165, 1.54) is 0 Å². The Balaban J connectivity index is 0.00000243. The highest BCUT2D eigenvalue weighted by molar-refractivity contribution is 6.04. The standard InChI is InChI=1S/C18H17F3N2O2.ClH/c19-11-8-15(20)17(16(21)9-11)18(24)23-12-2-1-3-14(10-12)25-13-4-6-22-7-5-13;/h1-3,8-10,13,22H,4-7H2,(H,23,24);1H. The topological polar surface area (TPSA) is 50.4 Å². The molecule has 1 heterocycles. The first-order valence-corrected chi connectivity index (χ1v) is 7.96. The molecule has 1 saturated heterocycles. The minimum atomic E-state index is -1.25. The van der Waals surface area contributed by atoms with Crippen molar-refractivity contribution < 1.29 is 22.7 Å². The summed E-state index contributed by atoms with van der Waals surface area (Å²) in [7, 11) is 0. The molecule has 2 N–H and O–H groups in total. The van der Waals surface area contributed by atoms with Crippen LogP contribution in [0.1, 0.15) is 23.2 Å². The minimum Gasteiger partial charge on any atom is -0.490 e. The number of ether oxygens (including phenoxy) is 1. The van der Waals surface area contributed by atoms with Gasteiger partial charge in [-0.2, -0.15) is 0 Å². The molecule has 8 heteroatoms. The molecule has 0 unspecified atom stereocenters. The third-order valence-corrected chi connectivity index (χ3v) is 3.91. The molecule has 1 aliphatic heterocycles. The van der Waals surface area contributed by atoms with Crippen molar-refractivity contribution in [3.63, 3.8) is 0 Å². The maximum Gasteiger partial charge on any atom is 0.261 e. The maximum atomic E-state index is 13.7. The smallest absolute Gasteiger partial charge is 0.261 e. The predicted molar refractivity (Wildman–Crippen MR) is 94.5 cm³/mol. The van der Waals surface area contributed by atoms with Gasteiger partial charge in [0.15, 0.2) is 0 Å². The Morgan fingerprint density at radius 2 is 1.73 bits per heavy atom. The Kier molecular flexibility index (Phi) is 6.88. The van der Waals surface area contributed by atoms with E-state index in [1.54, 1.807) is 24.3 Å². The highest BCUT2D eigenvalue weighted by Crippen LogP contribution is 2.22. The average molecular weight is 387 g/mol. The number of hydrogen-bond donors (Lipinski definition) is 2. The van der Waals surface area contributed by atoms with Gasteiger partial charge in [0.05, 0.1) is 0 Å². The second-order valence-electron chi connectivity index (χ2n) is 5.79. The first-order valence-electron chi connectivity index (χ1n) is 7.96. The zero-order chi connectivity index (χ0) is 17.8. The van der Waals surface area contributed by atoms with Crippen LogP contribution in [0.4, 0.5) is 18.9 Å². The maximum absolute atomic E-state index is 13.7. The van der Waals surface area contributed by atoms with Crippen molar-refractivity contribution in [2.24, 2.45) is 0 Å². The highest BCUT2D eigenvalue weighted by Gasteiger charge is 2.20. The largest absolute Gasteiger partial charge is 0.490 e. The molecule has 0 radical (unpaired) electrons. The molecule has 0 bridgehead atoms. The van der Waals surface area contributed by atoms with E-state index in [4.69, 9.17) is 4.74 Å². The lowest BCUT2D eigenvalue weighted by Gasteiger charge is -2.24. The zero-order valence-electron chi connectivity index (χ0n) is 13.7. The normalized spacial score (nSPS) is 14.4. The van der Waals surface area contributed by atoms with E-state index < -0.39 is 28.9 Å². The van der Waals surface area contributed by atoms with Gasteiger partial charge in [0.1, 0.15) is 34.9 Å². The average Bonchev–Trinajstić information content (AvgIpc) is 2.55. The molecule has 0 spiro atoms. The van der Waals surface area contributed by atoms with Crippen molar-refractivity contribution in [3.05, 3.63) is 59.4 Å². The Morgan fingerprint density at radius 3 is 2.38 bits per heavy atom. The fourth-order valence-electron chi connectivity index (χ4n) is 2.71. The molecule has 2 aromatic rings. The number of amides is 1. The summed E-state index contributed by atoms with van der Waals surface area (Å²) in [4.78, 5) is 12.1. The summed E-state index contributed by atoms with van der Waals surface area (Å²) in [6.07, 6.45) is 1.84. The molecule has 0 aromatic heterocycles. The zero-order valence-corrected chi connectivity index (χ0v) is 14.5. The van der Waals surface area contributed by atoms with Crippen LogP contribution in [0.25, 0.3) is 0 Å². The number of hydrogen-bond acceptors (Lipinski definition) is 3. The third kappa shape index (κ3) is 4.89. The molecule has 0 saturated carbocycles. The lowest BCUT2D eigenvalue weighted by Crippen LogP contribution is -2.34. The van der Waals surface area contributed by atoms with Crippen molar-refractivity contribution in [1.82, 2.24) is 5.32 Å². The molecule has 4 nitrogen and oxygen atoms in total. The van der Waals surface area contributed by atoms with Gasteiger partial charge in [0.25, 0.3) is 5.91 Å². The van der Waals surface area contributed by atoms with E-state index in [1.807, 2.05) is 0 Å². The number of benzene rings is 2. The van der Waals surface area contributed by atoms with Crippen LogP contribution in [0.3, 0.4) is 0 Å². The van der Waals surface area contributed by atoms with E-state index >= 15 is 0 Å². The van der Waals surface area contributed by atoms with E-state index in [0.29, 0.717) is 23.6 Å². The molecule has 0 aliphatic carbocycles. The summed E-state index contributed by atoms with van der Waals surface area (Å²) in [5, 5.41) is 5.64. The van der Waals surface area contributed by atoms with E-state index in [9.17, 15) is 18.0 Å². The van der Waals surface area contributed by atoms with Gasteiger partial charge < -0.3 is 15.4 Å². The van der Waals surface area contributed by atoms with E-state index in [2.05, 4.69) is 10.6 Å². The number of nitrogens with one attached hydrogen (secondary N) is 2. The summed E-state index contributed by atoms with van der Waals surface area (Å²) < 4.78 is 46.2. The van der Waals surface area contributed by atoms with Crippen LogP contribution in [-0.2, 0) is 0 Å². The van der Waals surface area contributed by atoms with Crippen molar-refractivity contribution in [3.8, 4) is 5.75 Å². The lowest BCUT2D eigenvalue weighted by atomic mass is 10.1. The van der Waals surface area contributed by atoms with Gasteiger partial charge in [-0.15, -0.1) is 12.4 Å². The quantitative estimate of drug-likeness (QED) is 0.837. The second-order valence-corrected chi connectivity index (χ2v) is 5.79. The van der Waals surface area contributed by atoms with Crippen LogP contribution in [0.5, 0.6) is 5.75 Å². The molecule has 140 valence electrons. The van der Waals surface area contributed by atoms with Crippen molar-refractivity contribution >= 4 is 24.0 Å². The molecule has 1 amide bonds. The SMILES string of the molecule is Cl.O=C(Nc1cccc(OC2CCNCC2)c1)c1c(F)cc(F)cc1F. The summed E-state index contributed by atoms with van der Waals surface area (Å²) >= 11 is 0. The van der Waals surface area contributed by atoms with Gasteiger partial charge >= 0.3 is 0 Å². The van der Waals surface area contributed by atoms with Gasteiger partial charge in [-0.25, -0.2) is 13.2 Å². The Morgan fingerprint density at radius 1 is 1.08 bits per heavy atom. The molecule has 0 atom stereocenters. The molecule has 1 fully saturated rings. The van der Waals surface area contributed by atoms with Crippen LogP contribution in [0.2, 0.25) is 0 Å². The number of carbonyl (C=O) groups is 1. The minimum absolute atomic E-state index is 0. The monoisotopic (exact) mass is 386 g/mol. The highest BCUT2D eigenvalue weighted by atomic mass is 35.5. The summed E-state index contributed by atoms with van der Waals surface area (Å²) in [5.41, 5.74) is -0.495. The third-order valence-electron chi connectivity index (χ3n) is 3.91. The molecule has 2 aromatic carbocycles. The number of carbonyl (C=O) groups excluding carboxylic acids is 1. The fraction of sp³-hybridized carbons (Fsp3) is 0.278. The van der Waals surface area contributed by atoms with Crippen LogP contribution >= 0.6 is 12.4 Å². The van der Waals surface area contributed by atoms with Crippen molar-refractivity contribution in [2.75, 3.05) is 18.4 Å². The van der Waals surface area contributed by atoms with Gasteiger partial charge in [-0.3, -0.25) is 4.79 Å². The molecule has 1 aliphatic rings. The van der Waals surface area contributed by atoms with Gasteiger partial charge in [0.2, 0.25) is 0 Å². The number of rotatable bonds is 4. The van der Waals surface area contributed by atoms with Crippen LogP contribution in [0, 0.1) is 17.5 Å². The van der Waals surface area contributed by atoms with Crippen molar-refractivity contribution in [2.45, 2.75) is 18.9 Å². The summed E-state index contributed by atoms with van der Waals surface area (Å²) in [6, 6.07) is 7.51. The Bertz CT molecular complexity index is 760. The predicted octanol–water partition coefficient (Wildman–Crippen LogP) is 3.91. The first kappa shape index (κ1) is 20.1. The Hall–Kier alpha value is -2.25. The van der Waals surface area contributed by atoms with E-state index in [-0.39, 0.29) is 18.5 Å². The van der Waals surface area contributed by atoms with Crippen molar-refractivity contribution in [1.29, 1.82) is 0 Å². The van der Waals surface area contributed by atoms with Gasteiger partial charge in [-0.1, -0.05) is 6.07 Å². The molecule has 3 rings (SSSR count). The molecule has 26 heavy (non-hydrogen) atoms. The second kappa shape index (κ2) is 8.91. The fourth-order valence-corrected chi connectivity index (χ4v) is 2.71. The van der Waals surface area contributed by atoms with E-state index in [0.717, 1.165) is 25.9 Å². The van der Waals surface area contributed by atoms with Gasteiger partial charge in [-0.05, 0) is 38.1 Å². The first-order chi connectivity index (χ1) is 12.0. The molecular formula is C18H18ClF3N2O2. The molecular weight excluding hydrogens is 369 g/mol. The lowest BCUT2D eigenvalue weighted by molar-refractivity contribution is 0.101. The van der Waals surface area contributed by atoms with Crippen LogP contribution < -0.4 is 15.4 Å². The summed E-state index contributed by atoms with van der Waals surface area (Å²) in [5.74, 6) is -4.02. The van der Waals surface area contributed by atoms with Crippen LogP contribution in [0.15, 0.2) is 36.4 Å². The summed E-state index contributed by atoms with van der Waals surface area (Å²) in [6.45, 7) is 1.76. The van der Waals surface area contributed by atoms with Gasteiger partial charge in [0, 0.05) is 23.9 Å². The number of piperidine rings is 1. The Labute approximate surface area is 155 Å². The van der Waals surface area contributed by atoms with Crippen LogP contribution in [-0.4, -0.2) is 25.1 Å².